The van der Waals surface area contributed by atoms with Gasteiger partial charge < -0.3 is 10.3 Å². The number of hydrogen-bond donors (Lipinski definition) is 3. The van der Waals surface area contributed by atoms with Crippen LogP contribution in [0.2, 0.25) is 0 Å². The van der Waals surface area contributed by atoms with Gasteiger partial charge in [0.2, 0.25) is 15.9 Å². The van der Waals surface area contributed by atoms with E-state index in [0.29, 0.717) is 25.8 Å². The highest BCUT2D eigenvalue weighted by molar-refractivity contribution is 7.89. The summed E-state index contributed by atoms with van der Waals surface area (Å²) in [7, 11) is -3.68. The average Bonchev–Trinajstić information content (AvgIpc) is 3.03. The van der Waals surface area contributed by atoms with Crippen molar-refractivity contribution in [3.05, 3.63) is 59.9 Å². The van der Waals surface area contributed by atoms with Gasteiger partial charge in [-0.05, 0) is 36.2 Å². The van der Waals surface area contributed by atoms with Crippen molar-refractivity contribution in [2.24, 2.45) is 5.14 Å². The van der Waals surface area contributed by atoms with Crippen LogP contribution in [0.25, 0.3) is 11.0 Å². The lowest BCUT2D eigenvalue weighted by molar-refractivity contribution is -0.121. The number of nitrogens with zero attached hydrogens (tertiary/aromatic N) is 1. The summed E-state index contributed by atoms with van der Waals surface area (Å²) < 4.78 is 22.4. The van der Waals surface area contributed by atoms with Crippen LogP contribution in [0.4, 0.5) is 0 Å². The highest BCUT2D eigenvalue weighted by Crippen LogP contribution is 2.11. The first-order valence-electron chi connectivity index (χ1n) is 8.24. The van der Waals surface area contributed by atoms with Crippen LogP contribution in [0, 0.1) is 0 Å². The smallest absolute Gasteiger partial charge is 0.238 e. The van der Waals surface area contributed by atoms with Gasteiger partial charge in [0.05, 0.1) is 15.9 Å². The van der Waals surface area contributed by atoms with Gasteiger partial charge in [0.25, 0.3) is 0 Å². The number of nitrogens with one attached hydrogen (secondary N) is 2. The molecule has 0 aliphatic rings. The van der Waals surface area contributed by atoms with E-state index in [2.05, 4.69) is 15.3 Å². The highest BCUT2D eigenvalue weighted by Gasteiger charge is 2.08. The predicted octanol–water partition coefficient (Wildman–Crippen LogP) is 1.50. The Morgan fingerprint density at radius 1 is 1.08 bits per heavy atom. The van der Waals surface area contributed by atoms with E-state index < -0.39 is 10.0 Å². The van der Waals surface area contributed by atoms with Gasteiger partial charge in [-0.1, -0.05) is 24.3 Å². The second-order valence-corrected chi connectivity index (χ2v) is 7.55. The zero-order chi connectivity index (χ0) is 18.6. The van der Waals surface area contributed by atoms with Gasteiger partial charge in [0.15, 0.2) is 0 Å². The fourth-order valence-electron chi connectivity index (χ4n) is 2.64. The fraction of sp³-hybridized carbons (Fsp3) is 0.222. The van der Waals surface area contributed by atoms with Crippen LogP contribution < -0.4 is 10.5 Å². The van der Waals surface area contributed by atoms with Crippen molar-refractivity contribution in [3.8, 4) is 0 Å². The van der Waals surface area contributed by atoms with Gasteiger partial charge in [-0.25, -0.2) is 18.5 Å². The maximum atomic E-state index is 12.0. The lowest BCUT2D eigenvalue weighted by Gasteiger charge is -2.05. The molecule has 0 spiro atoms. The lowest BCUT2D eigenvalue weighted by atomic mass is 10.1. The number of sulfonamides is 1. The van der Waals surface area contributed by atoms with Crippen LogP contribution in [0.3, 0.4) is 0 Å². The van der Waals surface area contributed by atoms with Crippen LogP contribution in [0.1, 0.15) is 17.8 Å². The largest absolute Gasteiger partial charge is 0.356 e. The Hall–Kier alpha value is -2.71. The number of carbonyl (C=O) groups is 1. The normalized spacial score (nSPS) is 11.6. The molecule has 0 saturated carbocycles. The molecule has 0 bridgehead atoms. The highest BCUT2D eigenvalue weighted by atomic mass is 32.2. The topological polar surface area (TPSA) is 118 Å². The molecule has 0 unspecified atom stereocenters. The van der Waals surface area contributed by atoms with Crippen LogP contribution >= 0.6 is 0 Å². The zero-order valence-corrected chi connectivity index (χ0v) is 14.9. The van der Waals surface area contributed by atoms with E-state index >= 15 is 0 Å². The van der Waals surface area contributed by atoms with Crippen LogP contribution in [-0.2, 0) is 27.7 Å². The summed E-state index contributed by atoms with van der Waals surface area (Å²) in [6, 6.07) is 14.1. The second-order valence-electron chi connectivity index (χ2n) is 5.99. The molecule has 136 valence electrons. The number of para-hydroxylation sites is 2. The number of benzene rings is 2. The third kappa shape index (κ3) is 4.68. The van der Waals surface area contributed by atoms with Gasteiger partial charge in [-0.15, -0.1) is 0 Å². The van der Waals surface area contributed by atoms with Crippen molar-refractivity contribution < 1.29 is 13.2 Å². The number of rotatable bonds is 7. The minimum atomic E-state index is -3.68. The van der Waals surface area contributed by atoms with E-state index in [9.17, 15) is 13.2 Å². The molecule has 3 aromatic rings. The molecule has 1 aromatic heterocycles. The lowest BCUT2D eigenvalue weighted by Crippen LogP contribution is -2.26. The molecule has 3 rings (SSSR count). The van der Waals surface area contributed by atoms with Crippen LogP contribution in [0.15, 0.2) is 53.4 Å². The number of nitrogens with two attached hydrogens (primary N) is 1. The van der Waals surface area contributed by atoms with Gasteiger partial charge in [0, 0.05) is 19.4 Å². The quantitative estimate of drug-likeness (QED) is 0.582. The number of H-pyrrole nitrogens is 1. The first kappa shape index (κ1) is 18.1. The average molecular weight is 372 g/mol. The molecule has 0 aliphatic carbocycles. The fourth-order valence-corrected chi connectivity index (χ4v) is 3.15. The third-order valence-corrected chi connectivity index (χ3v) is 4.94. The molecule has 1 heterocycles. The van der Waals surface area contributed by atoms with Crippen molar-refractivity contribution in [1.82, 2.24) is 15.3 Å². The molecule has 4 N–H and O–H groups in total. The van der Waals surface area contributed by atoms with Crippen molar-refractivity contribution in [2.45, 2.75) is 24.2 Å². The first-order chi connectivity index (χ1) is 12.4. The van der Waals surface area contributed by atoms with Gasteiger partial charge >= 0.3 is 0 Å². The summed E-state index contributed by atoms with van der Waals surface area (Å²) in [6.07, 6.45) is 1.51. The molecule has 0 aliphatic heterocycles. The molecule has 8 heteroatoms. The summed E-state index contributed by atoms with van der Waals surface area (Å²) in [5.41, 5.74) is 2.78. The molecule has 1 amide bonds. The standard InChI is InChI=1S/C18H20N4O3S/c19-26(24,25)14-7-5-13(6-8-14)11-12-20-18(23)10-9-17-21-15-3-1-2-4-16(15)22-17/h1-8H,9-12H2,(H,20,23)(H,21,22)(H2,19,24,25). The number of carbonyl (C=O) groups excluding carboxylic acids is 1. The maximum Gasteiger partial charge on any atom is 0.238 e. The van der Waals surface area contributed by atoms with E-state index in [-0.39, 0.29) is 10.8 Å². The number of aromatic nitrogens is 2. The third-order valence-electron chi connectivity index (χ3n) is 4.02. The van der Waals surface area contributed by atoms with E-state index in [1.807, 2.05) is 24.3 Å². The van der Waals surface area contributed by atoms with Crippen LogP contribution in [-0.4, -0.2) is 30.8 Å². The molecular formula is C18H20N4O3S. The van der Waals surface area contributed by atoms with Crippen molar-refractivity contribution in [3.63, 3.8) is 0 Å². The van der Waals surface area contributed by atoms with Gasteiger partial charge in [-0.2, -0.15) is 0 Å². The van der Waals surface area contributed by atoms with E-state index in [0.717, 1.165) is 22.4 Å². The SMILES string of the molecule is NS(=O)(=O)c1ccc(CCNC(=O)CCc2nc3ccccc3[nH]2)cc1. The summed E-state index contributed by atoms with van der Waals surface area (Å²) in [5.74, 6) is 0.742. The molecular weight excluding hydrogens is 352 g/mol. The van der Waals surface area contributed by atoms with Crippen molar-refractivity contribution in [1.29, 1.82) is 0 Å². The van der Waals surface area contributed by atoms with Crippen molar-refractivity contribution >= 4 is 27.0 Å². The Balaban J connectivity index is 1.44. The number of fused-ring (bicyclic) bond motifs is 1. The van der Waals surface area contributed by atoms with E-state index in [1.165, 1.54) is 12.1 Å². The first-order valence-corrected chi connectivity index (χ1v) is 9.78. The number of aromatic amines is 1. The summed E-state index contributed by atoms with van der Waals surface area (Å²) in [4.78, 5) is 19.7. The number of imidazole rings is 1. The Kier molecular flexibility index (Phi) is 5.34. The molecule has 0 atom stereocenters. The van der Waals surface area contributed by atoms with E-state index in [4.69, 9.17) is 5.14 Å². The maximum absolute atomic E-state index is 12.0. The minimum absolute atomic E-state index is 0.0494. The number of primary sulfonamides is 1. The summed E-state index contributed by atoms with van der Waals surface area (Å²) in [6.45, 7) is 0.480. The molecule has 26 heavy (non-hydrogen) atoms. The monoisotopic (exact) mass is 372 g/mol. The predicted molar refractivity (Wildman–Crippen MR) is 98.9 cm³/mol. The Bertz CT molecular complexity index is 977. The summed E-state index contributed by atoms with van der Waals surface area (Å²) in [5, 5.41) is 7.92. The minimum Gasteiger partial charge on any atom is -0.356 e. The van der Waals surface area contributed by atoms with Gasteiger partial charge in [0.1, 0.15) is 5.82 Å². The zero-order valence-electron chi connectivity index (χ0n) is 14.1. The van der Waals surface area contributed by atoms with Crippen LogP contribution in [0.5, 0.6) is 0 Å². The number of hydrogen-bond acceptors (Lipinski definition) is 4. The Labute approximate surface area is 151 Å². The Morgan fingerprint density at radius 3 is 2.50 bits per heavy atom. The number of aryl methyl sites for hydroxylation is 1. The second kappa shape index (κ2) is 7.67. The van der Waals surface area contributed by atoms with Crippen molar-refractivity contribution in [2.75, 3.05) is 6.54 Å². The Morgan fingerprint density at radius 2 is 1.81 bits per heavy atom. The molecule has 0 radical (unpaired) electrons. The van der Waals surface area contributed by atoms with E-state index in [1.54, 1.807) is 12.1 Å². The molecule has 7 nitrogen and oxygen atoms in total. The van der Waals surface area contributed by atoms with Gasteiger partial charge in [-0.3, -0.25) is 4.79 Å². The molecule has 0 fully saturated rings. The number of amides is 1. The summed E-state index contributed by atoms with van der Waals surface area (Å²) >= 11 is 0. The molecule has 0 saturated heterocycles. The molecule has 2 aromatic carbocycles.